The van der Waals surface area contributed by atoms with Gasteiger partial charge in [0.2, 0.25) is 15.9 Å². The number of likely N-dealkylation sites (N-methyl/N-ethyl adjacent to an activating group) is 1. The number of pyridine rings is 1. The second-order valence-corrected chi connectivity index (χ2v) is 9.86. The fourth-order valence-electron chi connectivity index (χ4n) is 3.44. The van der Waals surface area contributed by atoms with Gasteiger partial charge in [-0.2, -0.15) is 4.31 Å². The number of aromatic nitrogens is 3. The number of imidazole rings is 1. The van der Waals surface area contributed by atoms with Crippen molar-refractivity contribution in [2.75, 3.05) is 7.05 Å². The van der Waals surface area contributed by atoms with E-state index in [2.05, 4.69) is 15.0 Å². The zero-order chi connectivity index (χ0) is 22.1. The summed E-state index contributed by atoms with van der Waals surface area (Å²) in [5, 5.41) is 0. The molecule has 0 aliphatic heterocycles. The molecule has 160 valence electrons. The predicted molar refractivity (Wildman–Crippen MR) is 115 cm³/mol. The minimum Gasteiger partial charge on any atom is -0.368 e. The summed E-state index contributed by atoms with van der Waals surface area (Å²) >= 11 is 0. The van der Waals surface area contributed by atoms with E-state index in [1.54, 1.807) is 30.5 Å². The number of nitrogens with two attached hydrogens (primary N) is 1. The largest absolute Gasteiger partial charge is 0.368 e. The standard InChI is InChI=1S/C21H27N5O3S/c1-13(2)11-19(21(22)27)26(4)30(28,29)16-7-5-15(6-8-16)12-18-20-17(9-10-23-18)24-14(3)25-20/h5-10,13,19H,11-12H2,1-4H3,(H2,22,27)(H,24,25)/t19-/m0/s1. The number of aromatic amines is 1. The molecule has 2 heterocycles. The molecule has 2 aromatic heterocycles. The Morgan fingerprint density at radius 2 is 1.87 bits per heavy atom. The molecule has 8 nitrogen and oxygen atoms in total. The molecule has 0 unspecified atom stereocenters. The number of hydrogen-bond donors (Lipinski definition) is 2. The summed E-state index contributed by atoms with van der Waals surface area (Å²) in [5.41, 5.74) is 8.91. The number of hydrogen-bond acceptors (Lipinski definition) is 5. The van der Waals surface area contributed by atoms with Crippen molar-refractivity contribution in [1.82, 2.24) is 19.3 Å². The molecular weight excluding hydrogens is 402 g/mol. The first-order valence-electron chi connectivity index (χ1n) is 9.76. The molecule has 0 saturated carbocycles. The fourth-order valence-corrected chi connectivity index (χ4v) is 4.78. The topological polar surface area (TPSA) is 122 Å². The average Bonchev–Trinajstić information content (AvgIpc) is 3.07. The smallest absolute Gasteiger partial charge is 0.243 e. The summed E-state index contributed by atoms with van der Waals surface area (Å²) in [4.78, 5) is 24.0. The Bertz CT molecular complexity index is 1150. The van der Waals surface area contributed by atoms with Crippen LogP contribution in [0.4, 0.5) is 0 Å². The summed E-state index contributed by atoms with van der Waals surface area (Å²) in [7, 11) is -2.46. The number of aryl methyl sites for hydroxylation is 1. The van der Waals surface area contributed by atoms with Gasteiger partial charge in [0.25, 0.3) is 0 Å². The van der Waals surface area contributed by atoms with Crippen molar-refractivity contribution in [3.05, 3.63) is 53.6 Å². The van der Waals surface area contributed by atoms with Crippen molar-refractivity contribution in [3.63, 3.8) is 0 Å². The van der Waals surface area contributed by atoms with E-state index >= 15 is 0 Å². The zero-order valence-electron chi connectivity index (χ0n) is 17.6. The Morgan fingerprint density at radius 3 is 2.47 bits per heavy atom. The highest BCUT2D eigenvalue weighted by molar-refractivity contribution is 7.89. The van der Waals surface area contributed by atoms with Crippen LogP contribution < -0.4 is 5.73 Å². The van der Waals surface area contributed by atoms with E-state index in [0.717, 1.165) is 32.4 Å². The maximum Gasteiger partial charge on any atom is 0.243 e. The monoisotopic (exact) mass is 429 g/mol. The van der Waals surface area contributed by atoms with Crippen LogP contribution in [0, 0.1) is 12.8 Å². The van der Waals surface area contributed by atoms with E-state index < -0.39 is 22.0 Å². The Kier molecular flexibility index (Phi) is 6.23. The minimum atomic E-state index is -3.85. The molecule has 3 rings (SSSR count). The molecule has 0 aliphatic rings. The first kappa shape index (κ1) is 21.9. The molecule has 1 atom stereocenters. The number of primary amides is 1. The SMILES string of the molecule is Cc1nc2c(Cc3ccc(S(=O)(=O)N(C)[C@@H](CC(C)C)C(N)=O)cc3)nccc2[nH]1. The molecule has 0 spiro atoms. The highest BCUT2D eigenvalue weighted by Crippen LogP contribution is 2.22. The number of carbonyl (C=O) groups excluding carboxylic acids is 1. The predicted octanol–water partition coefficient (Wildman–Crippen LogP) is 2.38. The van der Waals surface area contributed by atoms with Crippen molar-refractivity contribution < 1.29 is 13.2 Å². The number of fused-ring (bicyclic) bond motifs is 1. The lowest BCUT2D eigenvalue weighted by atomic mass is 10.0. The Hall–Kier alpha value is -2.78. The second-order valence-electron chi connectivity index (χ2n) is 7.87. The quantitative estimate of drug-likeness (QED) is 0.569. The summed E-state index contributed by atoms with van der Waals surface area (Å²) in [6, 6.07) is 7.58. The molecule has 1 aromatic carbocycles. The zero-order valence-corrected chi connectivity index (χ0v) is 18.4. The molecule has 30 heavy (non-hydrogen) atoms. The minimum absolute atomic E-state index is 0.116. The molecule has 0 radical (unpaired) electrons. The van der Waals surface area contributed by atoms with E-state index in [1.165, 1.54) is 7.05 Å². The third-order valence-electron chi connectivity index (χ3n) is 5.03. The molecule has 1 amide bonds. The van der Waals surface area contributed by atoms with Crippen LogP contribution in [0.5, 0.6) is 0 Å². The molecule has 3 N–H and O–H groups in total. The lowest BCUT2D eigenvalue weighted by Gasteiger charge is -2.26. The summed E-state index contributed by atoms with van der Waals surface area (Å²) in [6.45, 7) is 5.72. The van der Waals surface area contributed by atoms with Gasteiger partial charge in [0.15, 0.2) is 0 Å². The Labute approximate surface area is 176 Å². The van der Waals surface area contributed by atoms with Crippen LogP contribution in [-0.4, -0.2) is 46.7 Å². The average molecular weight is 430 g/mol. The number of benzene rings is 1. The highest BCUT2D eigenvalue weighted by Gasteiger charge is 2.32. The van der Waals surface area contributed by atoms with Crippen molar-refractivity contribution in [2.24, 2.45) is 11.7 Å². The van der Waals surface area contributed by atoms with Crippen molar-refractivity contribution >= 4 is 27.0 Å². The van der Waals surface area contributed by atoms with Crippen LogP contribution in [0.25, 0.3) is 11.0 Å². The molecule has 0 bridgehead atoms. The summed E-state index contributed by atoms with van der Waals surface area (Å²) in [6.07, 6.45) is 2.61. The third-order valence-corrected chi connectivity index (χ3v) is 6.91. The maximum atomic E-state index is 13.0. The summed E-state index contributed by atoms with van der Waals surface area (Å²) < 4.78 is 27.1. The van der Waals surface area contributed by atoms with Gasteiger partial charge in [-0.05, 0) is 43.0 Å². The van der Waals surface area contributed by atoms with Crippen LogP contribution in [-0.2, 0) is 21.2 Å². The van der Waals surface area contributed by atoms with Gasteiger partial charge in [0, 0.05) is 19.7 Å². The molecule has 0 saturated heterocycles. The maximum absolute atomic E-state index is 13.0. The molecule has 0 fully saturated rings. The van der Waals surface area contributed by atoms with Crippen molar-refractivity contribution in [3.8, 4) is 0 Å². The van der Waals surface area contributed by atoms with Gasteiger partial charge in [-0.1, -0.05) is 26.0 Å². The highest BCUT2D eigenvalue weighted by atomic mass is 32.2. The van der Waals surface area contributed by atoms with Crippen molar-refractivity contribution in [1.29, 1.82) is 0 Å². The lowest BCUT2D eigenvalue weighted by molar-refractivity contribution is -0.121. The van der Waals surface area contributed by atoms with Gasteiger partial charge in [-0.3, -0.25) is 9.78 Å². The first-order valence-corrected chi connectivity index (χ1v) is 11.2. The molecular formula is C21H27N5O3S. The van der Waals surface area contributed by atoms with E-state index in [9.17, 15) is 13.2 Å². The van der Waals surface area contributed by atoms with Gasteiger partial charge >= 0.3 is 0 Å². The Balaban J connectivity index is 1.84. The number of nitrogens with one attached hydrogen (secondary N) is 1. The van der Waals surface area contributed by atoms with Crippen LogP contribution in [0.15, 0.2) is 41.4 Å². The van der Waals surface area contributed by atoms with Gasteiger partial charge in [-0.25, -0.2) is 13.4 Å². The van der Waals surface area contributed by atoms with E-state index in [4.69, 9.17) is 5.73 Å². The van der Waals surface area contributed by atoms with Gasteiger partial charge in [-0.15, -0.1) is 0 Å². The van der Waals surface area contributed by atoms with Crippen LogP contribution in [0.3, 0.4) is 0 Å². The normalized spacial score (nSPS) is 13.3. The number of sulfonamides is 1. The Morgan fingerprint density at radius 1 is 1.20 bits per heavy atom. The number of H-pyrrole nitrogens is 1. The number of carbonyl (C=O) groups is 1. The summed E-state index contributed by atoms with van der Waals surface area (Å²) in [5.74, 6) is 0.289. The third kappa shape index (κ3) is 4.52. The fraction of sp³-hybridized carbons (Fsp3) is 0.381. The van der Waals surface area contributed by atoms with Gasteiger partial charge in [0.1, 0.15) is 17.4 Å². The lowest BCUT2D eigenvalue weighted by Crippen LogP contribution is -2.46. The van der Waals surface area contributed by atoms with Gasteiger partial charge < -0.3 is 10.7 Å². The van der Waals surface area contributed by atoms with Crippen LogP contribution in [0.1, 0.15) is 37.4 Å². The van der Waals surface area contributed by atoms with Crippen LogP contribution >= 0.6 is 0 Å². The molecule has 9 heteroatoms. The van der Waals surface area contributed by atoms with Crippen LogP contribution in [0.2, 0.25) is 0 Å². The van der Waals surface area contributed by atoms with Gasteiger partial charge in [0.05, 0.1) is 16.1 Å². The molecule has 3 aromatic rings. The van der Waals surface area contributed by atoms with Crippen molar-refractivity contribution in [2.45, 2.75) is 44.6 Å². The van der Waals surface area contributed by atoms with E-state index in [0.29, 0.717) is 12.8 Å². The molecule has 0 aliphatic carbocycles. The number of rotatable bonds is 8. The number of nitrogens with zero attached hydrogens (tertiary/aromatic N) is 3. The second kappa shape index (κ2) is 8.53. The first-order chi connectivity index (χ1) is 14.1. The number of amides is 1. The van der Waals surface area contributed by atoms with E-state index in [1.807, 2.05) is 26.8 Å². The van der Waals surface area contributed by atoms with E-state index in [-0.39, 0.29) is 10.8 Å².